The Kier molecular flexibility index (Phi) is 4.19. The van der Waals surface area contributed by atoms with E-state index in [1.807, 2.05) is 0 Å². The standard InChI is InChI=1S/C14H27N3O/c18-14(17-11-4-2-1-3-5-11)10-6-7-12-13(8-10)16-9-15-12/h10-18H,1-9H2. The van der Waals surface area contributed by atoms with Gasteiger partial charge in [0.05, 0.1) is 0 Å². The van der Waals surface area contributed by atoms with Gasteiger partial charge in [0, 0.05) is 24.8 Å². The summed E-state index contributed by atoms with van der Waals surface area (Å²) in [4.78, 5) is 0. The van der Waals surface area contributed by atoms with Crippen molar-refractivity contribution >= 4 is 0 Å². The monoisotopic (exact) mass is 253 g/mol. The van der Waals surface area contributed by atoms with Gasteiger partial charge in [-0.25, -0.2) is 0 Å². The van der Waals surface area contributed by atoms with Crippen LogP contribution < -0.4 is 16.0 Å². The van der Waals surface area contributed by atoms with Gasteiger partial charge in [0.1, 0.15) is 6.23 Å². The molecule has 104 valence electrons. The molecule has 2 aliphatic carbocycles. The fourth-order valence-electron chi connectivity index (χ4n) is 3.93. The Labute approximate surface area is 110 Å². The average Bonchev–Trinajstić information content (AvgIpc) is 2.87. The molecule has 1 aliphatic heterocycles. The molecule has 1 saturated heterocycles. The van der Waals surface area contributed by atoms with Gasteiger partial charge in [0.2, 0.25) is 0 Å². The largest absolute Gasteiger partial charge is 0.378 e. The third-order valence-corrected chi connectivity index (χ3v) is 5.08. The zero-order valence-corrected chi connectivity index (χ0v) is 11.2. The number of aliphatic hydroxyl groups excluding tert-OH is 1. The Balaban J connectivity index is 1.48. The maximum Gasteiger partial charge on any atom is 0.108 e. The first-order valence-electron chi connectivity index (χ1n) is 7.74. The Hall–Kier alpha value is -0.160. The van der Waals surface area contributed by atoms with E-state index < -0.39 is 0 Å². The molecule has 4 atom stereocenters. The predicted molar refractivity (Wildman–Crippen MR) is 72.1 cm³/mol. The molecule has 0 radical (unpaired) electrons. The molecule has 0 aromatic heterocycles. The van der Waals surface area contributed by atoms with Gasteiger partial charge in [-0.3, -0.25) is 5.32 Å². The van der Waals surface area contributed by atoms with Crippen LogP contribution in [0.2, 0.25) is 0 Å². The zero-order chi connectivity index (χ0) is 12.4. The van der Waals surface area contributed by atoms with E-state index in [9.17, 15) is 5.11 Å². The first-order chi connectivity index (χ1) is 8.83. The smallest absolute Gasteiger partial charge is 0.108 e. The summed E-state index contributed by atoms with van der Waals surface area (Å²) in [6.07, 6.45) is 9.68. The van der Waals surface area contributed by atoms with Crippen molar-refractivity contribution in [1.82, 2.24) is 16.0 Å². The van der Waals surface area contributed by atoms with Crippen LogP contribution in [0.15, 0.2) is 0 Å². The average molecular weight is 253 g/mol. The van der Waals surface area contributed by atoms with Crippen molar-refractivity contribution in [1.29, 1.82) is 0 Å². The van der Waals surface area contributed by atoms with Gasteiger partial charge in [0.15, 0.2) is 0 Å². The second-order valence-electron chi connectivity index (χ2n) is 6.32. The maximum absolute atomic E-state index is 10.4. The van der Waals surface area contributed by atoms with Crippen LogP contribution in [-0.2, 0) is 0 Å². The summed E-state index contributed by atoms with van der Waals surface area (Å²) in [6, 6.07) is 1.77. The molecule has 0 aromatic rings. The topological polar surface area (TPSA) is 56.3 Å². The fourth-order valence-corrected chi connectivity index (χ4v) is 3.93. The lowest BCUT2D eigenvalue weighted by molar-refractivity contribution is 0.0327. The molecule has 3 fully saturated rings. The number of hydrogen-bond acceptors (Lipinski definition) is 4. The number of nitrogens with one attached hydrogen (secondary N) is 3. The molecular weight excluding hydrogens is 226 g/mol. The molecule has 4 unspecified atom stereocenters. The highest BCUT2D eigenvalue weighted by Gasteiger charge is 2.36. The van der Waals surface area contributed by atoms with Crippen molar-refractivity contribution < 1.29 is 5.11 Å². The van der Waals surface area contributed by atoms with Crippen LogP contribution in [0.25, 0.3) is 0 Å². The molecule has 0 spiro atoms. The molecule has 18 heavy (non-hydrogen) atoms. The fraction of sp³-hybridized carbons (Fsp3) is 1.00. The van der Waals surface area contributed by atoms with Crippen molar-refractivity contribution in [3.8, 4) is 0 Å². The summed E-state index contributed by atoms with van der Waals surface area (Å²) in [5, 5.41) is 20.8. The van der Waals surface area contributed by atoms with Crippen LogP contribution in [0.4, 0.5) is 0 Å². The quantitative estimate of drug-likeness (QED) is 0.565. The minimum Gasteiger partial charge on any atom is -0.378 e. The highest BCUT2D eigenvalue weighted by atomic mass is 16.3. The third kappa shape index (κ3) is 2.87. The molecular formula is C14H27N3O. The Morgan fingerprint density at radius 3 is 2.56 bits per heavy atom. The lowest BCUT2D eigenvalue weighted by atomic mass is 9.81. The molecule has 2 saturated carbocycles. The van der Waals surface area contributed by atoms with E-state index in [0.717, 1.165) is 19.5 Å². The van der Waals surface area contributed by atoms with E-state index in [-0.39, 0.29) is 6.23 Å². The van der Waals surface area contributed by atoms with Crippen molar-refractivity contribution in [2.75, 3.05) is 6.67 Å². The first kappa shape index (κ1) is 12.9. The van der Waals surface area contributed by atoms with E-state index >= 15 is 0 Å². The number of aliphatic hydroxyl groups is 1. The second kappa shape index (κ2) is 5.87. The van der Waals surface area contributed by atoms with Crippen molar-refractivity contribution in [2.45, 2.75) is 75.7 Å². The Morgan fingerprint density at radius 1 is 0.944 bits per heavy atom. The maximum atomic E-state index is 10.4. The van der Waals surface area contributed by atoms with E-state index in [0.29, 0.717) is 24.0 Å². The molecule has 4 heteroatoms. The van der Waals surface area contributed by atoms with Gasteiger partial charge in [-0.15, -0.1) is 0 Å². The molecule has 4 nitrogen and oxygen atoms in total. The summed E-state index contributed by atoms with van der Waals surface area (Å²) in [6.45, 7) is 0.939. The molecule has 4 N–H and O–H groups in total. The number of rotatable bonds is 3. The third-order valence-electron chi connectivity index (χ3n) is 5.08. The van der Waals surface area contributed by atoms with Crippen LogP contribution in [0.3, 0.4) is 0 Å². The van der Waals surface area contributed by atoms with E-state index in [1.54, 1.807) is 0 Å². The second-order valence-corrected chi connectivity index (χ2v) is 6.32. The van der Waals surface area contributed by atoms with Gasteiger partial charge in [0.25, 0.3) is 0 Å². The van der Waals surface area contributed by atoms with Crippen LogP contribution >= 0.6 is 0 Å². The Morgan fingerprint density at radius 2 is 1.72 bits per heavy atom. The predicted octanol–water partition coefficient (Wildman–Crippen LogP) is 0.915. The van der Waals surface area contributed by atoms with Gasteiger partial charge in [-0.2, -0.15) is 0 Å². The van der Waals surface area contributed by atoms with Crippen LogP contribution in [0.1, 0.15) is 51.4 Å². The van der Waals surface area contributed by atoms with E-state index in [2.05, 4.69) is 16.0 Å². The summed E-state index contributed by atoms with van der Waals surface area (Å²) < 4.78 is 0. The molecule has 0 amide bonds. The normalized spacial score (nSPS) is 39.5. The summed E-state index contributed by atoms with van der Waals surface area (Å²) >= 11 is 0. The van der Waals surface area contributed by atoms with Crippen LogP contribution in [0, 0.1) is 5.92 Å². The minimum absolute atomic E-state index is 0.295. The highest BCUT2D eigenvalue weighted by molar-refractivity contribution is 4.95. The molecule has 0 aromatic carbocycles. The van der Waals surface area contributed by atoms with Gasteiger partial charge < -0.3 is 15.7 Å². The molecule has 1 heterocycles. The first-order valence-corrected chi connectivity index (χ1v) is 7.74. The Bertz CT molecular complexity index is 268. The van der Waals surface area contributed by atoms with Crippen molar-refractivity contribution in [3.63, 3.8) is 0 Å². The number of hydrogen-bond donors (Lipinski definition) is 4. The van der Waals surface area contributed by atoms with E-state index in [1.165, 1.54) is 38.5 Å². The van der Waals surface area contributed by atoms with Gasteiger partial charge >= 0.3 is 0 Å². The van der Waals surface area contributed by atoms with Crippen molar-refractivity contribution in [3.05, 3.63) is 0 Å². The highest BCUT2D eigenvalue weighted by Crippen LogP contribution is 2.29. The molecule has 3 rings (SSSR count). The number of fused-ring (bicyclic) bond motifs is 1. The summed E-state index contributed by atoms with van der Waals surface area (Å²) in [7, 11) is 0. The lowest BCUT2D eigenvalue weighted by Crippen LogP contribution is -2.49. The summed E-state index contributed by atoms with van der Waals surface area (Å²) in [5.74, 6) is 0.431. The van der Waals surface area contributed by atoms with Crippen molar-refractivity contribution in [2.24, 2.45) is 5.92 Å². The molecule has 0 bridgehead atoms. The van der Waals surface area contributed by atoms with E-state index in [4.69, 9.17) is 0 Å². The molecule has 3 aliphatic rings. The van der Waals surface area contributed by atoms with Gasteiger partial charge in [-0.1, -0.05) is 19.3 Å². The zero-order valence-electron chi connectivity index (χ0n) is 11.2. The lowest BCUT2D eigenvalue weighted by Gasteiger charge is -2.36. The van der Waals surface area contributed by atoms with Crippen LogP contribution in [-0.4, -0.2) is 36.1 Å². The SMILES string of the molecule is OC(NC1CCCCC1)C1CCC2NCNC2C1. The summed E-state index contributed by atoms with van der Waals surface area (Å²) in [5.41, 5.74) is 0. The van der Waals surface area contributed by atoms with Gasteiger partial charge in [-0.05, 0) is 38.0 Å². The minimum atomic E-state index is -0.295. The van der Waals surface area contributed by atoms with Crippen LogP contribution in [0.5, 0.6) is 0 Å².